The molecule has 25 heavy (non-hydrogen) atoms. The van der Waals surface area contributed by atoms with Crippen LogP contribution in [0.2, 0.25) is 0 Å². The summed E-state index contributed by atoms with van der Waals surface area (Å²) in [5, 5.41) is 15.4. The molecule has 11 heteroatoms. The van der Waals surface area contributed by atoms with Crippen LogP contribution in [0.15, 0.2) is 23.0 Å². The highest BCUT2D eigenvalue weighted by molar-refractivity contribution is 7.26. The van der Waals surface area contributed by atoms with E-state index in [2.05, 4.69) is 34.8 Å². The Kier molecular flexibility index (Phi) is 4.71. The number of hydrogen-bond donors (Lipinski definition) is 0. The molecule has 0 N–H and O–H groups in total. The van der Waals surface area contributed by atoms with Crippen molar-refractivity contribution in [1.82, 2.24) is 35.0 Å². The topological polar surface area (TPSA) is 110 Å². The van der Waals surface area contributed by atoms with E-state index in [1.54, 1.807) is 25.1 Å². The van der Waals surface area contributed by atoms with Gasteiger partial charge in [0.05, 0.1) is 18.4 Å². The lowest BCUT2D eigenvalue weighted by atomic mass is 10.1. The first-order chi connectivity index (χ1) is 12.0. The predicted molar refractivity (Wildman–Crippen MR) is 91.4 cm³/mol. The first-order valence-corrected chi connectivity index (χ1v) is 7.84. The van der Waals surface area contributed by atoms with Crippen LogP contribution in [0.1, 0.15) is 11.3 Å². The second kappa shape index (κ2) is 6.94. The van der Waals surface area contributed by atoms with Gasteiger partial charge in [0.15, 0.2) is 5.57 Å². The molecule has 0 saturated heterocycles. The number of methoxy groups -OCH3 is 1. The van der Waals surface area contributed by atoms with Gasteiger partial charge in [0.2, 0.25) is 0 Å². The van der Waals surface area contributed by atoms with E-state index in [0.29, 0.717) is 34.1 Å². The summed E-state index contributed by atoms with van der Waals surface area (Å²) in [5.74, 6) is 0.853. The molecule has 1 aromatic carbocycles. The molecule has 3 aromatic rings. The summed E-state index contributed by atoms with van der Waals surface area (Å²) in [5.41, 5.74) is 1.85. The number of hydrogen-bond acceptors (Lipinski definition) is 8. The zero-order valence-corrected chi connectivity index (χ0v) is 15.0. The molecule has 0 saturated carbocycles. The SMILES string of the molecule is COc1cccc(-n2nnn(C)c2=O)c1COc1nnc(P)nc1C. The van der Waals surface area contributed by atoms with Crippen LogP contribution in [-0.2, 0) is 13.7 Å². The molecule has 2 heterocycles. The quantitative estimate of drug-likeness (QED) is 0.562. The van der Waals surface area contributed by atoms with E-state index in [1.807, 2.05) is 0 Å². The molecule has 0 aliphatic carbocycles. The zero-order chi connectivity index (χ0) is 18.0. The maximum atomic E-state index is 12.2. The fourth-order valence-electron chi connectivity index (χ4n) is 2.24. The Morgan fingerprint density at radius 1 is 1.24 bits per heavy atom. The number of nitrogens with zero attached hydrogens (tertiary/aromatic N) is 7. The largest absolute Gasteiger partial charge is 0.496 e. The third-order valence-electron chi connectivity index (χ3n) is 3.47. The second-order valence-corrected chi connectivity index (χ2v) is 5.62. The molecule has 0 radical (unpaired) electrons. The first-order valence-electron chi connectivity index (χ1n) is 7.26. The Hall–Kier alpha value is -2.87. The van der Waals surface area contributed by atoms with Crippen LogP contribution in [0.25, 0.3) is 5.69 Å². The average Bonchev–Trinajstić information content (AvgIpc) is 2.93. The monoisotopic (exact) mass is 361 g/mol. The van der Waals surface area contributed by atoms with Gasteiger partial charge >= 0.3 is 5.69 Å². The summed E-state index contributed by atoms with van der Waals surface area (Å²) >= 11 is 0. The highest BCUT2D eigenvalue weighted by Crippen LogP contribution is 2.25. The van der Waals surface area contributed by atoms with E-state index in [1.165, 1.54) is 18.8 Å². The number of rotatable bonds is 5. The summed E-state index contributed by atoms with van der Waals surface area (Å²) < 4.78 is 13.4. The van der Waals surface area contributed by atoms with Crippen molar-refractivity contribution in [3.63, 3.8) is 0 Å². The van der Waals surface area contributed by atoms with Crippen molar-refractivity contribution in [2.75, 3.05) is 7.11 Å². The lowest BCUT2D eigenvalue weighted by molar-refractivity contribution is 0.278. The second-order valence-electron chi connectivity index (χ2n) is 5.10. The number of ether oxygens (including phenoxy) is 2. The minimum atomic E-state index is -0.375. The van der Waals surface area contributed by atoms with Crippen molar-refractivity contribution in [2.24, 2.45) is 7.05 Å². The minimum Gasteiger partial charge on any atom is -0.496 e. The molecule has 2 aromatic heterocycles. The molecular formula is C14H16N7O3P. The molecule has 1 atom stereocenters. The third-order valence-corrected chi connectivity index (χ3v) is 3.71. The standard InChI is InChI=1S/C14H16N7O3P/c1-8-12(16-17-13(25)15-8)24-7-9-10(5-4-6-11(9)23-3)21-14(22)20(2)18-19-21/h4-6H,7,25H2,1-3H3. The normalized spacial score (nSPS) is 10.7. The van der Waals surface area contributed by atoms with Gasteiger partial charge in [0.25, 0.3) is 5.88 Å². The highest BCUT2D eigenvalue weighted by atomic mass is 31.0. The summed E-state index contributed by atoms with van der Waals surface area (Å²) in [6.45, 7) is 1.86. The van der Waals surface area contributed by atoms with E-state index in [0.717, 1.165) is 4.68 Å². The van der Waals surface area contributed by atoms with Gasteiger partial charge in [0, 0.05) is 7.05 Å². The molecule has 0 aliphatic heterocycles. The molecule has 0 bridgehead atoms. The Balaban J connectivity index is 1.99. The van der Waals surface area contributed by atoms with Crippen LogP contribution in [-0.4, -0.2) is 42.1 Å². The van der Waals surface area contributed by atoms with Gasteiger partial charge in [-0.2, -0.15) is 9.36 Å². The highest BCUT2D eigenvalue weighted by Gasteiger charge is 2.16. The molecule has 3 rings (SSSR count). The summed E-state index contributed by atoms with van der Waals surface area (Å²) in [6.07, 6.45) is 0. The van der Waals surface area contributed by atoms with Crippen molar-refractivity contribution >= 4 is 14.8 Å². The summed E-state index contributed by atoms with van der Waals surface area (Å²) in [7, 11) is 5.44. The predicted octanol–water partition coefficient (Wildman–Crippen LogP) is -0.453. The van der Waals surface area contributed by atoms with Crippen molar-refractivity contribution in [1.29, 1.82) is 0 Å². The molecule has 0 fully saturated rings. The molecule has 130 valence electrons. The average molecular weight is 361 g/mol. The van der Waals surface area contributed by atoms with Gasteiger partial charge in [-0.15, -0.1) is 10.2 Å². The summed E-state index contributed by atoms with van der Waals surface area (Å²) in [4.78, 5) is 16.4. The minimum absolute atomic E-state index is 0.0930. The molecule has 1 unspecified atom stereocenters. The van der Waals surface area contributed by atoms with Gasteiger partial charge in [-0.3, -0.25) is 0 Å². The number of tetrazole rings is 1. The molecule has 0 amide bonds. The van der Waals surface area contributed by atoms with Gasteiger partial charge in [0.1, 0.15) is 18.1 Å². The maximum absolute atomic E-state index is 12.2. The lowest BCUT2D eigenvalue weighted by Gasteiger charge is -2.14. The molecular weight excluding hydrogens is 345 g/mol. The van der Waals surface area contributed by atoms with E-state index in [4.69, 9.17) is 9.47 Å². The fraction of sp³-hybridized carbons (Fsp3) is 0.286. The Labute approximate surface area is 145 Å². The van der Waals surface area contributed by atoms with Gasteiger partial charge in [-0.1, -0.05) is 15.3 Å². The zero-order valence-electron chi connectivity index (χ0n) is 13.9. The lowest BCUT2D eigenvalue weighted by Crippen LogP contribution is -2.23. The van der Waals surface area contributed by atoms with Gasteiger partial charge in [-0.05, 0) is 29.5 Å². The van der Waals surface area contributed by atoms with E-state index >= 15 is 0 Å². The van der Waals surface area contributed by atoms with Crippen LogP contribution in [0.3, 0.4) is 0 Å². The fourth-order valence-corrected chi connectivity index (χ4v) is 2.49. The van der Waals surface area contributed by atoms with Gasteiger partial charge in [-0.25, -0.2) is 9.78 Å². The number of benzene rings is 1. The van der Waals surface area contributed by atoms with Gasteiger partial charge < -0.3 is 9.47 Å². The van der Waals surface area contributed by atoms with Crippen molar-refractivity contribution in [3.8, 4) is 17.3 Å². The number of aryl methyl sites for hydroxylation is 2. The Morgan fingerprint density at radius 2 is 2.04 bits per heavy atom. The first kappa shape index (κ1) is 17.0. The Bertz CT molecular complexity index is 969. The van der Waals surface area contributed by atoms with Crippen LogP contribution in [0.5, 0.6) is 11.6 Å². The molecule has 0 aliphatic rings. The van der Waals surface area contributed by atoms with Crippen molar-refractivity contribution < 1.29 is 9.47 Å². The number of aromatic nitrogens is 7. The van der Waals surface area contributed by atoms with Crippen LogP contribution in [0, 0.1) is 6.92 Å². The van der Waals surface area contributed by atoms with Crippen LogP contribution >= 0.6 is 9.24 Å². The summed E-state index contributed by atoms with van der Waals surface area (Å²) in [6, 6.07) is 5.26. The smallest absolute Gasteiger partial charge is 0.368 e. The molecule has 10 nitrogen and oxygen atoms in total. The Morgan fingerprint density at radius 3 is 2.68 bits per heavy atom. The third kappa shape index (κ3) is 3.34. The van der Waals surface area contributed by atoms with E-state index < -0.39 is 0 Å². The van der Waals surface area contributed by atoms with Crippen LogP contribution in [0.4, 0.5) is 0 Å². The van der Waals surface area contributed by atoms with E-state index in [9.17, 15) is 4.79 Å². The van der Waals surface area contributed by atoms with E-state index in [-0.39, 0.29) is 12.3 Å². The maximum Gasteiger partial charge on any atom is 0.368 e. The van der Waals surface area contributed by atoms with Crippen LogP contribution < -0.4 is 20.7 Å². The van der Waals surface area contributed by atoms with Crippen molar-refractivity contribution in [3.05, 3.63) is 39.9 Å². The van der Waals surface area contributed by atoms with Crippen molar-refractivity contribution in [2.45, 2.75) is 13.5 Å². The molecule has 0 spiro atoms.